The zero-order valence-corrected chi connectivity index (χ0v) is 12.0. The first-order valence-electron chi connectivity index (χ1n) is 6.40. The summed E-state index contributed by atoms with van der Waals surface area (Å²) < 4.78 is 13.8. The summed E-state index contributed by atoms with van der Waals surface area (Å²) in [4.78, 5) is 17.0. The summed E-state index contributed by atoms with van der Waals surface area (Å²) in [6, 6.07) is 4.50. The molecule has 1 heterocycles. The van der Waals surface area contributed by atoms with Gasteiger partial charge in [-0.3, -0.25) is 9.78 Å². The number of anilines is 1. The van der Waals surface area contributed by atoms with Crippen molar-refractivity contribution in [1.29, 1.82) is 0 Å². The Morgan fingerprint density at radius 1 is 1.45 bits per heavy atom. The first-order valence-corrected chi connectivity index (χ1v) is 7.28. The molecule has 0 unspecified atom stereocenters. The lowest BCUT2D eigenvalue weighted by molar-refractivity contribution is 0.0951. The van der Waals surface area contributed by atoms with Crippen LogP contribution in [0.3, 0.4) is 0 Å². The Bertz CT molecular complexity index is 572. The van der Waals surface area contributed by atoms with Gasteiger partial charge in [-0.15, -0.1) is 11.3 Å². The monoisotopic (exact) mass is 293 g/mol. The normalized spacial score (nSPS) is 10.3. The van der Waals surface area contributed by atoms with E-state index in [-0.39, 0.29) is 11.6 Å². The van der Waals surface area contributed by atoms with Crippen molar-refractivity contribution in [3.05, 3.63) is 46.2 Å². The van der Waals surface area contributed by atoms with Gasteiger partial charge >= 0.3 is 0 Å². The lowest BCUT2D eigenvalue weighted by Crippen LogP contribution is -2.24. The molecule has 0 aliphatic rings. The SMILES string of the molecule is CCCNc1c(F)cccc1C(=O)NCc1cncs1. The lowest BCUT2D eigenvalue weighted by atomic mass is 10.1. The smallest absolute Gasteiger partial charge is 0.253 e. The maximum Gasteiger partial charge on any atom is 0.253 e. The third-order valence-corrected chi connectivity index (χ3v) is 3.50. The van der Waals surface area contributed by atoms with Crippen LogP contribution in [0.5, 0.6) is 0 Å². The number of para-hydroxylation sites is 1. The summed E-state index contributed by atoms with van der Waals surface area (Å²) in [6.45, 7) is 3.00. The predicted molar refractivity (Wildman–Crippen MR) is 78.5 cm³/mol. The van der Waals surface area contributed by atoms with Crippen molar-refractivity contribution in [3.8, 4) is 0 Å². The summed E-state index contributed by atoms with van der Waals surface area (Å²) in [5.74, 6) is -0.708. The van der Waals surface area contributed by atoms with Crippen LogP contribution in [0.4, 0.5) is 10.1 Å². The van der Waals surface area contributed by atoms with Crippen LogP contribution in [0, 0.1) is 5.82 Å². The summed E-state index contributed by atoms with van der Waals surface area (Å²) in [5.41, 5.74) is 2.29. The molecule has 2 aromatic rings. The molecule has 1 aromatic heterocycles. The molecule has 0 atom stereocenters. The highest BCUT2D eigenvalue weighted by molar-refractivity contribution is 7.09. The van der Waals surface area contributed by atoms with E-state index in [0.29, 0.717) is 18.7 Å². The molecule has 0 aliphatic heterocycles. The molecule has 0 saturated carbocycles. The van der Waals surface area contributed by atoms with E-state index in [9.17, 15) is 9.18 Å². The number of aromatic nitrogens is 1. The number of nitrogens with zero attached hydrogens (tertiary/aromatic N) is 1. The quantitative estimate of drug-likeness (QED) is 0.860. The molecule has 0 saturated heterocycles. The fourth-order valence-corrected chi connectivity index (χ4v) is 2.27. The first kappa shape index (κ1) is 14.5. The average Bonchev–Trinajstić information content (AvgIpc) is 2.96. The maximum atomic E-state index is 13.8. The van der Waals surface area contributed by atoms with Gasteiger partial charge in [-0.1, -0.05) is 13.0 Å². The number of hydrogen-bond acceptors (Lipinski definition) is 4. The Hall–Kier alpha value is -1.95. The van der Waals surface area contributed by atoms with Crippen LogP contribution in [-0.2, 0) is 6.54 Å². The molecule has 20 heavy (non-hydrogen) atoms. The second kappa shape index (κ2) is 7.00. The van der Waals surface area contributed by atoms with Gasteiger partial charge in [0.1, 0.15) is 5.82 Å². The van der Waals surface area contributed by atoms with Gasteiger partial charge < -0.3 is 10.6 Å². The Labute approximate surface area is 121 Å². The molecule has 1 amide bonds. The Balaban J connectivity index is 2.10. The number of halogens is 1. The van der Waals surface area contributed by atoms with E-state index >= 15 is 0 Å². The number of carbonyl (C=O) groups excluding carboxylic acids is 1. The number of carbonyl (C=O) groups is 1. The molecule has 106 valence electrons. The second-order valence-corrected chi connectivity index (χ2v) is 5.21. The number of thiazole rings is 1. The van der Waals surface area contributed by atoms with E-state index in [1.165, 1.54) is 23.5 Å². The van der Waals surface area contributed by atoms with Crippen LogP contribution >= 0.6 is 11.3 Å². The van der Waals surface area contributed by atoms with Gasteiger partial charge in [-0.25, -0.2) is 4.39 Å². The molecule has 2 rings (SSSR count). The van der Waals surface area contributed by atoms with E-state index < -0.39 is 5.82 Å². The largest absolute Gasteiger partial charge is 0.382 e. The Morgan fingerprint density at radius 3 is 3.00 bits per heavy atom. The van der Waals surface area contributed by atoms with E-state index in [4.69, 9.17) is 0 Å². The van der Waals surface area contributed by atoms with E-state index in [1.54, 1.807) is 17.8 Å². The van der Waals surface area contributed by atoms with Crippen LogP contribution in [0.2, 0.25) is 0 Å². The van der Waals surface area contributed by atoms with Crippen LogP contribution in [-0.4, -0.2) is 17.4 Å². The number of hydrogen-bond donors (Lipinski definition) is 2. The standard InChI is InChI=1S/C14H16FN3OS/c1-2-6-17-13-11(4-3-5-12(13)15)14(19)18-8-10-7-16-9-20-10/h3-5,7,9,17H,2,6,8H2,1H3,(H,18,19). The number of nitrogens with one attached hydrogen (secondary N) is 2. The minimum atomic E-state index is -0.413. The maximum absolute atomic E-state index is 13.8. The molecule has 6 heteroatoms. The van der Waals surface area contributed by atoms with Crippen molar-refractivity contribution in [3.63, 3.8) is 0 Å². The van der Waals surface area contributed by atoms with Crippen molar-refractivity contribution >= 4 is 22.9 Å². The molecule has 4 nitrogen and oxygen atoms in total. The second-order valence-electron chi connectivity index (χ2n) is 4.24. The van der Waals surface area contributed by atoms with Gasteiger partial charge in [0.15, 0.2) is 0 Å². The number of benzene rings is 1. The highest BCUT2D eigenvalue weighted by atomic mass is 32.1. The first-order chi connectivity index (χ1) is 9.72. The van der Waals surface area contributed by atoms with Crippen LogP contribution in [0.25, 0.3) is 0 Å². The average molecular weight is 293 g/mol. The van der Waals surface area contributed by atoms with Crippen LogP contribution in [0.15, 0.2) is 29.9 Å². The zero-order chi connectivity index (χ0) is 14.4. The molecule has 1 aromatic carbocycles. The topological polar surface area (TPSA) is 54.0 Å². The van der Waals surface area contributed by atoms with Gasteiger partial charge in [0, 0.05) is 17.6 Å². The van der Waals surface area contributed by atoms with Gasteiger partial charge in [0.2, 0.25) is 0 Å². The fourth-order valence-electron chi connectivity index (χ4n) is 1.74. The summed E-state index contributed by atoms with van der Waals surface area (Å²) in [5, 5.41) is 5.73. The van der Waals surface area contributed by atoms with E-state index in [2.05, 4.69) is 15.6 Å². The van der Waals surface area contributed by atoms with Gasteiger partial charge in [0.05, 0.1) is 23.3 Å². The molecule has 0 aliphatic carbocycles. The molecule has 0 fully saturated rings. The van der Waals surface area contributed by atoms with Crippen molar-refractivity contribution < 1.29 is 9.18 Å². The lowest BCUT2D eigenvalue weighted by Gasteiger charge is -2.12. The molecule has 0 spiro atoms. The van der Waals surface area contributed by atoms with Crippen molar-refractivity contribution in [2.24, 2.45) is 0 Å². The minimum absolute atomic E-state index is 0.260. The molecule has 2 N–H and O–H groups in total. The minimum Gasteiger partial charge on any atom is -0.382 e. The van der Waals surface area contributed by atoms with Crippen molar-refractivity contribution in [1.82, 2.24) is 10.3 Å². The summed E-state index contributed by atoms with van der Waals surface area (Å²) in [7, 11) is 0. The summed E-state index contributed by atoms with van der Waals surface area (Å²) in [6.07, 6.45) is 2.56. The van der Waals surface area contributed by atoms with Crippen molar-refractivity contribution in [2.75, 3.05) is 11.9 Å². The highest BCUT2D eigenvalue weighted by Gasteiger charge is 2.14. The van der Waals surface area contributed by atoms with Gasteiger partial charge in [-0.2, -0.15) is 0 Å². The van der Waals surface area contributed by atoms with Crippen LogP contribution < -0.4 is 10.6 Å². The van der Waals surface area contributed by atoms with Gasteiger partial charge in [0.25, 0.3) is 5.91 Å². The predicted octanol–water partition coefficient (Wildman–Crippen LogP) is 3.03. The molecular weight excluding hydrogens is 277 g/mol. The zero-order valence-electron chi connectivity index (χ0n) is 11.1. The van der Waals surface area contributed by atoms with Crippen LogP contribution in [0.1, 0.15) is 28.6 Å². The van der Waals surface area contributed by atoms with Crippen molar-refractivity contribution in [2.45, 2.75) is 19.9 Å². The third kappa shape index (κ3) is 3.54. The molecule has 0 bridgehead atoms. The van der Waals surface area contributed by atoms with E-state index in [1.807, 2.05) is 6.92 Å². The molecular formula is C14H16FN3OS. The summed E-state index contributed by atoms with van der Waals surface area (Å²) >= 11 is 1.47. The van der Waals surface area contributed by atoms with Gasteiger partial charge in [-0.05, 0) is 18.6 Å². The highest BCUT2D eigenvalue weighted by Crippen LogP contribution is 2.20. The number of rotatable bonds is 6. The van der Waals surface area contributed by atoms with E-state index in [0.717, 1.165) is 11.3 Å². The Kier molecular flexibility index (Phi) is 5.06. The third-order valence-electron chi connectivity index (χ3n) is 2.72. The Morgan fingerprint density at radius 2 is 2.30 bits per heavy atom. The fraction of sp³-hybridized carbons (Fsp3) is 0.286. The molecule has 0 radical (unpaired) electrons. The number of amides is 1.